The zero-order chi connectivity index (χ0) is 13.1. The Balaban J connectivity index is 2.92. The molecular formula is C9H16N4O4. The molecule has 96 valence electrons. The molecule has 0 aromatic carbocycles. The molecule has 8 heteroatoms. The van der Waals surface area contributed by atoms with E-state index in [0.29, 0.717) is 0 Å². The Morgan fingerprint density at radius 1 is 1.47 bits per heavy atom. The van der Waals surface area contributed by atoms with Crippen molar-refractivity contribution in [1.29, 1.82) is 0 Å². The summed E-state index contributed by atoms with van der Waals surface area (Å²) in [6.45, 7) is -1.78. The number of aryl methyl sites for hydroxylation is 1. The molecule has 1 amide bonds. The summed E-state index contributed by atoms with van der Waals surface area (Å²) < 4.78 is 1.27. The average molecular weight is 244 g/mol. The number of carbonyl (C=O) groups excluding carboxylic acids is 1. The molecule has 1 aromatic heterocycles. The van der Waals surface area contributed by atoms with Crippen LogP contribution in [0.25, 0.3) is 0 Å². The van der Waals surface area contributed by atoms with Gasteiger partial charge in [-0.05, 0) is 0 Å². The first-order valence-corrected chi connectivity index (χ1v) is 4.92. The minimum Gasteiger partial charge on any atom is -0.396 e. The minimum atomic E-state index is -1.48. The molecular weight excluding hydrogens is 228 g/mol. The molecule has 6 N–H and O–H groups in total. The summed E-state index contributed by atoms with van der Waals surface area (Å²) in [5.74, 6) is -0.625. The maximum Gasteiger partial charge on any atom is 0.272 e. The predicted molar refractivity (Wildman–Crippen MR) is 59.1 cm³/mol. The van der Waals surface area contributed by atoms with Gasteiger partial charge in [0, 0.05) is 7.05 Å². The molecule has 0 saturated heterocycles. The summed E-state index contributed by atoms with van der Waals surface area (Å²) in [7, 11) is 1.53. The maximum atomic E-state index is 11.9. The Labute approximate surface area is 97.7 Å². The monoisotopic (exact) mass is 244 g/mol. The molecule has 1 aromatic rings. The van der Waals surface area contributed by atoms with Gasteiger partial charge in [0.1, 0.15) is 11.2 Å². The Kier molecular flexibility index (Phi) is 4.05. The van der Waals surface area contributed by atoms with Crippen LogP contribution in [0.1, 0.15) is 10.5 Å². The second-order valence-electron chi connectivity index (χ2n) is 3.78. The number of hydrogen-bond donors (Lipinski definition) is 5. The third-order valence-corrected chi connectivity index (χ3v) is 2.47. The Morgan fingerprint density at radius 3 is 2.35 bits per heavy atom. The molecule has 1 heterocycles. The van der Waals surface area contributed by atoms with Crippen molar-refractivity contribution in [2.75, 3.05) is 25.6 Å². The van der Waals surface area contributed by atoms with Crippen molar-refractivity contribution in [2.45, 2.75) is 5.54 Å². The van der Waals surface area contributed by atoms with Crippen molar-refractivity contribution in [1.82, 2.24) is 15.1 Å². The smallest absolute Gasteiger partial charge is 0.272 e. The number of nitrogens with two attached hydrogens (primary N) is 1. The first-order chi connectivity index (χ1) is 7.99. The van der Waals surface area contributed by atoms with E-state index in [0.717, 1.165) is 0 Å². The number of rotatable bonds is 5. The summed E-state index contributed by atoms with van der Waals surface area (Å²) in [5, 5.41) is 33.3. The zero-order valence-electron chi connectivity index (χ0n) is 9.42. The molecule has 0 unspecified atom stereocenters. The fourth-order valence-corrected chi connectivity index (χ4v) is 1.30. The van der Waals surface area contributed by atoms with Crippen LogP contribution >= 0.6 is 0 Å². The quantitative estimate of drug-likeness (QED) is 0.387. The molecule has 0 bridgehead atoms. The normalized spacial score (nSPS) is 11.5. The average Bonchev–Trinajstić information content (AvgIpc) is 2.66. The van der Waals surface area contributed by atoms with E-state index < -0.39 is 31.3 Å². The fraction of sp³-hybridized carbons (Fsp3) is 0.556. The third kappa shape index (κ3) is 2.54. The van der Waals surface area contributed by atoms with E-state index in [4.69, 9.17) is 21.1 Å². The number of hydrogen-bond acceptors (Lipinski definition) is 6. The highest BCUT2D eigenvalue weighted by molar-refractivity contribution is 5.97. The second kappa shape index (κ2) is 5.13. The predicted octanol–water partition coefficient (Wildman–Crippen LogP) is -2.55. The number of amides is 1. The van der Waals surface area contributed by atoms with Crippen molar-refractivity contribution < 1.29 is 20.1 Å². The van der Waals surface area contributed by atoms with E-state index in [9.17, 15) is 4.79 Å². The molecule has 0 radical (unpaired) electrons. The van der Waals surface area contributed by atoms with Crippen LogP contribution < -0.4 is 11.1 Å². The lowest BCUT2D eigenvalue weighted by Crippen LogP contribution is -2.57. The van der Waals surface area contributed by atoms with E-state index in [1.807, 2.05) is 0 Å². The van der Waals surface area contributed by atoms with Crippen LogP contribution in [0.5, 0.6) is 0 Å². The molecule has 0 aliphatic heterocycles. The maximum absolute atomic E-state index is 11.9. The SMILES string of the molecule is Cn1ncc(N)c1C(=O)NC(CO)(CO)CO. The van der Waals surface area contributed by atoms with Gasteiger partial charge in [0.15, 0.2) is 0 Å². The van der Waals surface area contributed by atoms with Gasteiger partial charge in [-0.25, -0.2) is 0 Å². The van der Waals surface area contributed by atoms with Gasteiger partial charge >= 0.3 is 0 Å². The Morgan fingerprint density at radius 2 is 2.00 bits per heavy atom. The summed E-state index contributed by atoms with van der Waals surface area (Å²) in [5.41, 5.74) is 4.35. The lowest BCUT2D eigenvalue weighted by molar-refractivity contribution is 0.0371. The van der Waals surface area contributed by atoms with Crippen LogP contribution in [0.3, 0.4) is 0 Å². The van der Waals surface area contributed by atoms with Crippen molar-refractivity contribution in [3.05, 3.63) is 11.9 Å². The standard InChI is InChI=1S/C9H16N4O4/c1-13-7(6(10)2-11-13)8(17)12-9(3-14,4-15)5-16/h2,14-16H,3-5,10H2,1H3,(H,12,17). The lowest BCUT2D eigenvalue weighted by Gasteiger charge is -2.28. The number of carbonyl (C=O) groups is 1. The van der Waals surface area contributed by atoms with Crippen LogP contribution in [0, 0.1) is 0 Å². The van der Waals surface area contributed by atoms with E-state index in [1.54, 1.807) is 0 Å². The third-order valence-electron chi connectivity index (χ3n) is 2.47. The van der Waals surface area contributed by atoms with Crippen molar-refractivity contribution >= 4 is 11.6 Å². The summed E-state index contributed by atoms with van der Waals surface area (Å²) in [6.07, 6.45) is 1.31. The lowest BCUT2D eigenvalue weighted by atomic mass is 10.0. The zero-order valence-corrected chi connectivity index (χ0v) is 9.42. The van der Waals surface area contributed by atoms with Crippen LogP contribution in [0.15, 0.2) is 6.20 Å². The number of anilines is 1. The first kappa shape index (κ1) is 13.4. The second-order valence-corrected chi connectivity index (χ2v) is 3.78. The number of nitrogen functional groups attached to an aromatic ring is 1. The van der Waals surface area contributed by atoms with Gasteiger partial charge in [-0.3, -0.25) is 9.48 Å². The first-order valence-electron chi connectivity index (χ1n) is 4.92. The minimum absolute atomic E-state index is 0.102. The molecule has 17 heavy (non-hydrogen) atoms. The Hall–Kier alpha value is -1.64. The van der Waals surface area contributed by atoms with E-state index in [1.165, 1.54) is 17.9 Å². The van der Waals surface area contributed by atoms with E-state index >= 15 is 0 Å². The fourth-order valence-electron chi connectivity index (χ4n) is 1.30. The molecule has 0 aliphatic rings. The van der Waals surface area contributed by atoms with Gasteiger partial charge in [-0.15, -0.1) is 0 Å². The van der Waals surface area contributed by atoms with Crippen molar-refractivity contribution in [3.63, 3.8) is 0 Å². The molecule has 0 atom stereocenters. The molecule has 0 saturated carbocycles. The highest BCUT2D eigenvalue weighted by Gasteiger charge is 2.31. The van der Waals surface area contributed by atoms with E-state index in [-0.39, 0.29) is 11.4 Å². The van der Waals surface area contributed by atoms with Crippen molar-refractivity contribution in [2.24, 2.45) is 7.05 Å². The molecule has 0 fully saturated rings. The Bertz CT molecular complexity index is 372. The number of aromatic nitrogens is 2. The molecule has 1 rings (SSSR count). The van der Waals surface area contributed by atoms with Gasteiger partial charge in [-0.2, -0.15) is 5.10 Å². The number of nitrogens with one attached hydrogen (secondary N) is 1. The van der Waals surface area contributed by atoms with E-state index in [2.05, 4.69) is 10.4 Å². The molecule has 0 aliphatic carbocycles. The van der Waals surface area contributed by atoms with Gasteiger partial charge in [0.05, 0.1) is 31.7 Å². The largest absolute Gasteiger partial charge is 0.396 e. The topological polar surface area (TPSA) is 134 Å². The highest BCUT2D eigenvalue weighted by Crippen LogP contribution is 2.11. The van der Waals surface area contributed by atoms with Gasteiger partial charge in [0.25, 0.3) is 5.91 Å². The number of aliphatic hydroxyl groups is 3. The van der Waals surface area contributed by atoms with Crippen LogP contribution in [-0.4, -0.2) is 56.4 Å². The number of aliphatic hydroxyl groups excluding tert-OH is 3. The van der Waals surface area contributed by atoms with Gasteiger partial charge in [0.2, 0.25) is 0 Å². The molecule has 0 spiro atoms. The van der Waals surface area contributed by atoms with Crippen LogP contribution in [-0.2, 0) is 7.05 Å². The highest BCUT2D eigenvalue weighted by atomic mass is 16.3. The summed E-state index contributed by atoms with van der Waals surface area (Å²) in [6, 6.07) is 0. The summed E-state index contributed by atoms with van der Waals surface area (Å²) in [4.78, 5) is 11.9. The summed E-state index contributed by atoms with van der Waals surface area (Å²) >= 11 is 0. The number of nitrogens with zero attached hydrogens (tertiary/aromatic N) is 2. The van der Waals surface area contributed by atoms with Gasteiger partial charge in [-0.1, -0.05) is 0 Å². The van der Waals surface area contributed by atoms with Crippen LogP contribution in [0.2, 0.25) is 0 Å². The molecule has 8 nitrogen and oxygen atoms in total. The van der Waals surface area contributed by atoms with Crippen LogP contribution in [0.4, 0.5) is 5.69 Å². The van der Waals surface area contributed by atoms with Gasteiger partial charge < -0.3 is 26.4 Å². The van der Waals surface area contributed by atoms with Crippen molar-refractivity contribution in [3.8, 4) is 0 Å².